The Labute approximate surface area is 97.9 Å². The molecule has 0 saturated heterocycles. The number of hydrogen-bond acceptors (Lipinski definition) is 1. The minimum atomic E-state index is -1.32. The van der Waals surface area contributed by atoms with E-state index in [9.17, 15) is 0 Å². The maximum absolute atomic E-state index is 6.26. The first-order valence-electron chi connectivity index (χ1n) is 5.37. The van der Waals surface area contributed by atoms with Gasteiger partial charge in [0.15, 0.2) is 8.32 Å². The minimum absolute atomic E-state index is 0.475. The Kier molecular flexibility index (Phi) is 7.74. The summed E-state index contributed by atoms with van der Waals surface area (Å²) in [6.45, 7) is 9.09. The minimum Gasteiger partial charge on any atom is -0.414 e. The fourth-order valence-electron chi connectivity index (χ4n) is 1.64. The molecule has 0 spiro atoms. The molecule has 1 unspecified atom stereocenters. The fourth-order valence-corrected chi connectivity index (χ4v) is 5.49. The average molecular weight is 314 g/mol. The van der Waals surface area contributed by atoms with E-state index in [1.165, 1.54) is 29.0 Å². The molecular weight excluding hydrogens is 291 g/mol. The lowest BCUT2D eigenvalue weighted by Gasteiger charge is -2.31. The molecule has 0 aromatic heterocycles. The van der Waals surface area contributed by atoms with Gasteiger partial charge in [-0.1, -0.05) is 43.4 Å². The normalized spacial score (nSPS) is 14.5. The quantitative estimate of drug-likeness (QED) is 0.388. The van der Waals surface area contributed by atoms with Crippen LogP contribution >= 0.6 is 22.6 Å². The van der Waals surface area contributed by atoms with Crippen molar-refractivity contribution in [3.63, 3.8) is 0 Å². The Morgan fingerprint density at radius 1 is 1.15 bits per heavy atom. The van der Waals surface area contributed by atoms with Gasteiger partial charge in [-0.3, -0.25) is 0 Å². The molecule has 0 aliphatic rings. The summed E-state index contributed by atoms with van der Waals surface area (Å²) in [5.74, 6) is 0. The van der Waals surface area contributed by atoms with Gasteiger partial charge in [0.05, 0.1) is 0 Å². The van der Waals surface area contributed by atoms with Crippen LogP contribution in [-0.4, -0.2) is 18.8 Å². The van der Waals surface area contributed by atoms with E-state index >= 15 is 0 Å². The van der Waals surface area contributed by atoms with Gasteiger partial charge in [0.25, 0.3) is 0 Å². The number of alkyl halides is 1. The zero-order chi connectivity index (χ0) is 10.3. The van der Waals surface area contributed by atoms with Crippen molar-refractivity contribution in [1.82, 2.24) is 0 Å². The molecule has 0 saturated carbocycles. The molecule has 0 amide bonds. The smallest absolute Gasteiger partial charge is 0.192 e. The maximum atomic E-state index is 6.26. The highest BCUT2D eigenvalue weighted by molar-refractivity contribution is 14.1. The summed E-state index contributed by atoms with van der Waals surface area (Å²) < 4.78 is 7.47. The summed E-state index contributed by atoms with van der Waals surface area (Å²) in [5, 5.41) is 0. The van der Waals surface area contributed by atoms with Crippen molar-refractivity contribution in [3.8, 4) is 0 Å². The van der Waals surface area contributed by atoms with Crippen LogP contribution < -0.4 is 0 Å². The lowest BCUT2D eigenvalue weighted by Crippen LogP contribution is -2.39. The summed E-state index contributed by atoms with van der Waals surface area (Å²) in [5.41, 5.74) is 0. The van der Waals surface area contributed by atoms with Crippen molar-refractivity contribution in [2.24, 2.45) is 0 Å². The molecule has 0 radical (unpaired) electrons. The largest absolute Gasteiger partial charge is 0.414 e. The lowest BCUT2D eigenvalue weighted by atomic mass is 10.3. The molecule has 0 aromatic carbocycles. The standard InChI is InChI=1S/C10H23IOSi/c1-5-13(6-2,7-3)12-10(4)8-9-11/h10H,5-9H2,1-4H3. The van der Waals surface area contributed by atoms with Gasteiger partial charge in [0, 0.05) is 10.5 Å². The van der Waals surface area contributed by atoms with Crippen LogP contribution in [0.5, 0.6) is 0 Å². The van der Waals surface area contributed by atoms with Gasteiger partial charge < -0.3 is 4.43 Å². The Hall–Kier alpha value is 0.907. The Balaban J connectivity index is 4.07. The van der Waals surface area contributed by atoms with Crippen LogP contribution in [0.2, 0.25) is 18.1 Å². The zero-order valence-electron chi connectivity index (χ0n) is 9.40. The van der Waals surface area contributed by atoms with Crippen molar-refractivity contribution < 1.29 is 4.43 Å². The summed E-state index contributed by atoms with van der Waals surface area (Å²) >= 11 is 2.43. The molecule has 0 fully saturated rings. The molecule has 3 heteroatoms. The van der Waals surface area contributed by atoms with Crippen molar-refractivity contribution in [2.75, 3.05) is 4.43 Å². The van der Waals surface area contributed by atoms with Gasteiger partial charge in [-0.15, -0.1) is 0 Å². The van der Waals surface area contributed by atoms with Crippen LogP contribution in [0, 0.1) is 0 Å². The van der Waals surface area contributed by atoms with Gasteiger partial charge in [0.1, 0.15) is 0 Å². The summed E-state index contributed by atoms with van der Waals surface area (Å²) in [7, 11) is -1.32. The third-order valence-electron chi connectivity index (χ3n) is 2.90. The second-order valence-electron chi connectivity index (χ2n) is 3.65. The molecule has 13 heavy (non-hydrogen) atoms. The van der Waals surface area contributed by atoms with Crippen LogP contribution in [0.4, 0.5) is 0 Å². The predicted octanol–water partition coefficient (Wildman–Crippen LogP) is 4.22. The van der Waals surface area contributed by atoms with E-state index in [4.69, 9.17) is 4.43 Å². The van der Waals surface area contributed by atoms with Crippen LogP contribution in [-0.2, 0) is 4.43 Å². The first-order chi connectivity index (χ1) is 6.14. The van der Waals surface area contributed by atoms with E-state index in [1.807, 2.05) is 0 Å². The molecular formula is C10H23IOSi. The molecule has 1 nitrogen and oxygen atoms in total. The monoisotopic (exact) mass is 314 g/mol. The highest BCUT2D eigenvalue weighted by atomic mass is 127. The number of halogens is 1. The van der Waals surface area contributed by atoms with E-state index < -0.39 is 8.32 Å². The molecule has 0 aliphatic heterocycles. The van der Waals surface area contributed by atoms with E-state index in [2.05, 4.69) is 50.3 Å². The first kappa shape index (κ1) is 13.9. The van der Waals surface area contributed by atoms with E-state index in [0.717, 1.165) is 0 Å². The molecule has 0 heterocycles. The topological polar surface area (TPSA) is 9.23 Å². The molecule has 1 atom stereocenters. The Morgan fingerprint density at radius 3 is 1.92 bits per heavy atom. The van der Waals surface area contributed by atoms with Gasteiger partial charge in [-0.2, -0.15) is 0 Å². The Morgan fingerprint density at radius 2 is 1.62 bits per heavy atom. The first-order valence-corrected chi connectivity index (χ1v) is 9.43. The third-order valence-corrected chi connectivity index (χ3v) is 8.29. The summed E-state index contributed by atoms with van der Waals surface area (Å²) in [6, 6.07) is 3.81. The van der Waals surface area contributed by atoms with Crippen LogP contribution in [0.3, 0.4) is 0 Å². The highest BCUT2D eigenvalue weighted by Gasteiger charge is 2.30. The van der Waals surface area contributed by atoms with Gasteiger partial charge in [0.2, 0.25) is 0 Å². The Bertz CT molecular complexity index is 118. The number of hydrogen-bond donors (Lipinski definition) is 0. The number of rotatable bonds is 7. The van der Waals surface area contributed by atoms with Crippen molar-refractivity contribution in [2.45, 2.75) is 58.4 Å². The van der Waals surface area contributed by atoms with Crippen molar-refractivity contribution in [3.05, 3.63) is 0 Å². The van der Waals surface area contributed by atoms with E-state index in [-0.39, 0.29) is 0 Å². The van der Waals surface area contributed by atoms with Gasteiger partial charge >= 0.3 is 0 Å². The highest BCUT2D eigenvalue weighted by Crippen LogP contribution is 2.24. The molecule has 80 valence electrons. The van der Waals surface area contributed by atoms with Crippen LogP contribution in [0.1, 0.15) is 34.1 Å². The third kappa shape index (κ3) is 4.79. The predicted molar refractivity (Wildman–Crippen MR) is 71.2 cm³/mol. The van der Waals surface area contributed by atoms with Crippen molar-refractivity contribution in [1.29, 1.82) is 0 Å². The molecule has 0 bridgehead atoms. The molecule has 0 N–H and O–H groups in total. The zero-order valence-corrected chi connectivity index (χ0v) is 12.6. The second-order valence-corrected chi connectivity index (χ2v) is 9.45. The summed E-state index contributed by atoms with van der Waals surface area (Å²) in [6.07, 6.45) is 1.68. The van der Waals surface area contributed by atoms with E-state index in [0.29, 0.717) is 6.10 Å². The molecule has 0 aromatic rings. The van der Waals surface area contributed by atoms with Gasteiger partial charge in [-0.25, -0.2) is 0 Å². The SMILES string of the molecule is CC[Si](CC)(CC)OC(C)CCI. The van der Waals surface area contributed by atoms with E-state index in [1.54, 1.807) is 0 Å². The molecule has 0 aliphatic carbocycles. The second kappa shape index (κ2) is 7.23. The maximum Gasteiger partial charge on any atom is 0.192 e. The average Bonchev–Trinajstić information content (AvgIpc) is 2.15. The molecule has 0 rings (SSSR count). The summed E-state index contributed by atoms with van der Waals surface area (Å²) in [4.78, 5) is 0. The van der Waals surface area contributed by atoms with Crippen LogP contribution in [0.25, 0.3) is 0 Å². The van der Waals surface area contributed by atoms with Crippen molar-refractivity contribution >= 4 is 30.9 Å². The lowest BCUT2D eigenvalue weighted by molar-refractivity contribution is 0.203. The fraction of sp³-hybridized carbons (Fsp3) is 1.00. The van der Waals surface area contributed by atoms with Crippen LogP contribution in [0.15, 0.2) is 0 Å². The van der Waals surface area contributed by atoms with Gasteiger partial charge in [-0.05, 0) is 31.5 Å².